The van der Waals surface area contributed by atoms with Crippen LogP contribution in [0.4, 0.5) is 0 Å². The van der Waals surface area contributed by atoms with Crippen LogP contribution in [-0.4, -0.2) is 66.2 Å². The van der Waals surface area contributed by atoms with Crippen LogP contribution in [0.15, 0.2) is 30.3 Å². The number of aryl methyl sites for hydroxylation is 1. The molecule has 1 aromatic carbocycles. The minimum absolute atomic E-state index is 0.0455. The second-order valence-corrected chi connectivity index (χ2v) is 9.10. The first-order chi connectivity index (χ1) is 13.5. The quantitative estimate of drug-likeness (QED) is 0.752. The van der Waals surface area contributed by atoms with Gasteiger partial charge in [-0.1, -0.05) is 30.3 Å². The molecule has 0 unspecified atom stereocenters. The maximum atomic E-state index is 13.0. The Hall–Kier alpha value is -2.23. The second kappa shape index (κ2) is 7.65. The van der Waals surface area contributed by atoms with E-state index in [0.717, 1.165) is 16.8 Å². The molecule has 2 aliphatic rings. The number of amides is 1. The first-order valence-corrected chi connectivity index (χ1v) is 11.0. The van der Waals surface area contributed by atoms with Crippen LogP contribution in [0.2, 0.25) is 0 Å². The minimum atomic E-state index is -3.49. The van der Waals surface area contributed by atoms with E-state index in [9.17, 15) is 13.2 Å². The molecule has 0 bridgehead atoms. The maximum Gasteiger partial charge on any atom is 0.274 e. The van der Waals surface area contributed by atoms with Gasteiger partial charge in [0.2, 0.25) is 10.0 Å². The van der Waals surface area contributed by atoms with Gasteiger partial charge in [0.15, 0.2) is 5.69 Å². The SMILES string of the molecule is Cn1nc(C(=O)N2CCOCC2)c2c1CCN(S(=O)(=O)Cc1ccccc1)C2. The Bertz CT molecular complexity index is 965. The molecular weight excluding hydrogens is 380 g/mol. The van der Waals surface area contributed by atoms with E-state index in [1.165, 1.54) is 4.31 Å². The molecule has 4 rings (SSSR count). The number of ether oxygens (including phenoxy) is 1. The maximum absolute atomic E-state index is 13.0. The monoisotopic (exact) mass is 404 g/mol. The van der Waals surface area contributed by atoms with Crippen molar-refractivity contribution < 1.29 is 17.9 Å². The smallest absolute Gasteiger partial charge is 0.274 e. The number of rotatable bonds is 4. The summed E-state index contributed by atoms with van der Waals surface area (Å²) in [5.74, 6) is -0.196. The number of carbonyl (C=O) groups excluding carboxylic acids is 1. The molecular formula is C19H24N4O4S. The number of fused-ring (bicyclic) bond motifs is 1. The standard InChI is InChI=1S/C19H24N4O4S/c1-21-17-7-8-23(28(25,26)14-15-5-3-2-4-6-15)13-16(17)18(20-21)19(24)22-9-11-27-12-10-22/h2-6H,7-14H2,1H3. The summed E-state index contributed by atoms with van der Waals surface area (Å²) in [6.45, 7) is 2.66. The normalized spacial score (nSPS) is 18.1. The zero-order valence-electron chi connectivity index (χ0n) is 15.9. The zero-order valence-corrected chi connectivity index (χ0v) is 16.7. The summed E-state index contributed by atoms with van der Waals surface area (Å²) in [6.07, 6.45) is 0.545. The van der Waals surface area contributed by atoms with Crippen molar-refractivity contribution in [3.05, 3.63) is 52.8 Å². The number of hydrogen-bond donors (Lipinski definition) is 0. The lowest BCUT2D eigenvalue weighted by atomic mass is 10.1. The van der Waals surface area contributed by atoms with E-state index in [4.69, 9.17) is 4.74 Å². The van der Waals surface area contributed by atoms with Crippen LogP contribution >= 0.6 is 0 Å². The zero-order chi connectivity index (χ0) is 19.7. The van der Waals surface area contributed by atoms with E-state index in [2.05, 4.69) is 5.10 Å². The number of hydrogen-bond acceptors (Lipinski definition) is 5. The average molecular weight is 404 g/mol. The molecule has 0 saturated carbocycles. The second-order valence-electron chi connectivity index (χ2n) is 7.13. The Morgan fingerprint density at radius 2 is 1.86 bits per heavy atom. The highest BCUT2D eigenvalue weighted by Crippen LogP contribution is 2.26. The summed E-state index contributed by atoms with van der Waals surface area (Å²) in [7, 11) is -1.68. The molecule has 1 amide bonds. The van der Waals surface area contributed by atoms with Gasteiger partial charge in [-0.3, -0.25) is 9.48 Å². The molecule has 28 heavy (non-hydrogen) atoms. The fourth-order valence-electron chi connectivity index (χ4n) is 3.77. The van der Waals surface area contributed by atoms with E-state index >= 15 is 0 Å². The van der Waals surface area contributed by atoms with Crippen LogP contribution in [0, 0.1) is 0 Å². The lowest BCUT2D eigenvalue weighted by Crippen LogP contribution is -2.42. The summed E-state index contributed by atoms with van der Waals surface area (Å²) in [4.78, 5) is 14.7. The van der Waals surface area contributed by atoms with Gasteiger partial charge >= 0.3 is 0 Å². The molecule has 2 aromatic rings. The van der Waals surface area contributed by atoms with Gasteiger partial charge in [-0.15, -0.1) is 0 Å². The summed E-state index contributed by atoms with van der Waals surface area (Å²) >= 11 is 0. The fraction of sp³-hybridized carbons (Fsp3) is 0.474. The van der Waals surface area contributed by atoms with Crippen LogP contribution in [-0.2, 0) is 40.5 Å². The average Bonchev–Trinajstić information content (AvgIpc) is 3.05. The van der Waals surface area contributed by atoms with Gasteiger partial charge < -0.3 is 9.64 Å². The predicted octanol–water partition coefficient (Wildman–Crippen LogP) is 0.781. The summed E-state index contributed by atoms with van der Waals surface area (Å²) in [5, 5.41) is 4.43. The molecule has 0 radical (unpaired) electrons. The Morgan fingerprint density at radius 3 is 2.57 bits per heavy atom. The number of sulfonamides is 1. The van der Waals surface area contributed by atoms with Gasteiger partial charge in [-0.2, -0.15) is 9.40 Å². The third-order valence-corrected chi connectivity index (χ3v) is 7.09. The highest BCUT2D eigenvalue weighted by atomic mass is 32.2. The molecule has 3 heterocycles. The van der Waals surface area contributed by atoms with Crippen molar-refractivity contribution in [3.8, 4) is 0 Å². The van der Waals surface area contributed by atoms with Crippen LogP contribution in [0.5, 0.6) is 0 Å². The van der Waals surface area contributed by atoms with Crippen molar-refractivity contribution in [1.29, 1.82) is 0 Å². The van der Waals surface area contributed by atoms with Crippen molar-refractivity contribution >= 4 is 15.9 Å². The van der Waals surface area contributed by atoms with Gasteiger partial charge in [-0.25, -0.2) is 8.42 Å². The largest absolute Gasteiger partial charge is 0.378 e. The molecule has 150 valence electrons. The number of nitrogens with zero attached hydrogens (tertiary/aromatic N) is 4. The Morgan fingerprint density at radius 1 is 1.14 bits per heavy atom. The summed E-state index contributed by atoms with van der Waals surface area (Å²) in [5.41, 5.74) is 2.77. The van der Waals surface area contributed by atoms with Crippen molar-refractivity contribution in [2.45, 2.75) is 18.7 Å². The first-order valence-electron chi connectivity index (χ1n) is 9.39. The van der Waals surface area contributed by atoms with E-state index in [1.807, 2.05) is 37.4 Å². The van der Waals surface area contributed by atoms with E-state index in [-0.39, 0.29) is 18.2 Å². The predicted molar refractivity (Wildman–Crippen MR) is 103 cm³/mol. The number of morpholine rings is 1. The molecule has 9 heteroatoms. The van der Waals surface area contributed by atoms with E-state index in [1.54, 1.807) is 9.58 Å². The lowest BCUT2D eigenvalue weighted by molar-refractivity contribution is 0.0297. The van der Waals surface area contributed by atoms with Gasteiger partial charge in [0.25, 0.3) is 5.91 Å². The molecule has 8 nitrogen and oxygen atoms in total. The Balaban J connectivity index is 1.58. The molecule has 2 aliphatic heterocycles. The van der Waals surface area contributed by atoms with Crippen LogP contribution in [0.1, 0.15) is 27.3 Å². The summed E-state index contributed by atoms with van der Waals surface area (Å²) in [6, 6.07) is 9.15. The van der Waals surface area contributed by atoms with Crippen molar-refractivity contribution in [2.75, 3.05) is 32.8 Å². The van der Waals surface area contributed by atoms with Crippen LogP contribution in [0.25, 0.3) is 0 Å². The number of carbonyl (C=O) groups is 1. The molecule has 1 aromatic heterocycles. The van der Waals surface area contributed by atoms with Gasteiger partial charge in [-0.05, 0) is 5.56 Å². The molecule has 1 fully saturated rings. The van der Waals surface area contributed by atoms with Crippen molar-refractivity contribution in [1.82, 2.24) is 19.0 Å². The molecule has 0 spiro atoms. The topological polar surface area (TPSA) is 84.7 Å². The van der Waals surface area contributed by atoms with Crippen LogP contribution < -0.4 is 0 Å². The third kappa shape index (κ3) is 3.69. The molecule has 0 N–H and O–H groups in total. The van der Waals surface area contributed by atoms with Gasteiger partial charge in [0.05, 0.1) is 19.0 Å². The van der Waals surface area contributed by atoms with Gasteiger partial charge in [0, 0.05) is 50.9 Å². The van der Waals surface area contributed by atoms with Crippen molar-refractivity contribution in [2.24, 2.45) is 7.05 Å². The minimum Gasteiger partial charge on any atom is -0.378 e. The summed E-state index contributed by atoms with van der Waals surface area (Å²) < 4.78 is 34.4. The lowest BCUT2D eigenvalue weighted by Gasteiger charge is -2.29. The number of benzene rings is 1. The van der Waals surface area contributed by atoms with Gasteiger partial charge in [0.1, 0.15) is 0 Å². The van der Waals surface area contributed by atoms with Crippen molar-refractivity contribution in [3.63, 3.8) is 0 Å². The number of aromatic nitrogens is 2. The van der Waals surface area contributed by atoms with E-state index < -0.39 is 10.0 Å². The highest BCUT2D eigenvalue weighted by molar-refractivity contribution is 7.88. The molecule has 1 saturated heterocycles. The van der Waals surface area contributed by atoms with Crippen LogP contribution in [0.3, 0.4) is 0 Å². The highest BCUT2D eigenvalue weighted by Gasteiger charge is 2.34. The third-order valence-electron chi connectivity index (χ3n) is 5.29. The van der Waals surface area contributed by atoms with E-state index in [0.29, 0.717) is 45.0 Å². The Labute approximate surface area is 164 Å². The molecule has 0 atom stereocenters. The Kier molecular flexibility index (Phi) is 5.22. The first kappa shape index (κ1) is 19.1. The fourth-order valence-corrected chi connectivity index (χ4v) is 5.26. The molecule has 0 aliphatic carbocycles.